The SMILES string of the molecule is C[C@@H]1C[C@@H](C)CN(C(=O)c2ccc(N3C[C@H]4C[C@@H](C3)c3cccc(=O)n3C4)c(NC(=O)c3ccc(F)cc3)c2)C1. The van der Waals surface area contributed by atoms with Crippen molar-refractivity contribution in [3.8, 4) is 0 Å². The first kappa shape index (κ1) is 26.3. The second-order valence-corrected chi connectivity index (χ2v) is 12.0. The van der Waals surface area contributed by atoms with E-state index in [0.717, 1.165) is 43.9 Å². The molecule has 0 radical (unpaired) electrons. The van der Waals surface area contributed by atoms with E-state index < -0.39 is 5.82 Å². The number of aromatic nitrogens is 1. The van der Waals surface area contributed by atoms with Gasteiger partial charge in [-0.25, -0.2) is 4.39 Å². The Hall–Kier alpha value is -3.94. The van der Waals surface area contributed by atoms with E-state index in [2.05, 4.69) is 24.1 Å². The predicted octanol–water partition coefficient (Wildman–Crippen LogP) is 4.98. The number of nitrogens with zero attached hydrogens (tertiary/aromatic N) is 3. The normalized spacial score (nSPS) is 23.9. The molecule has 1 N–H and O–H groups in total. The van der Waals surface area contributed by atoms with E-state index in [1.807, 2.05) is 33.7 Å². The standard InChI is InChI=1S/C32H35FN4O3/c1-20-12-21(2)16-36(15-20)32(40)24-8-11-29(27(14-24)34-31(39)23-6-9-26(33)10-7-23)35-17-22-13-25(19-35)28-4-3-5-30(38)37(28)18-22/h3-11,14,20-22,25H,12-13,15-19H2,1-2H3,(H,34,39)/t20-,21-,22-,25+/m1/s1. The zero-order valence-corrected chi connectivity index (χ0v) is 23.0. The van der Waals surface area contributed by atoms with E-state index in [9.17, 15) is 18.8 Å². The van der Waals surface area contributed by atoms with Gasteiger partial charge in [-0.3, -0.25) is 14.4 Å². The van der Waals surface area contributed by atoms with Crippen LogP contribution in [0.1, 0.15) is 59.0 Å². The molecule has 0 saturated carbocycles. The highest BCUT2D eigenvalue weighted by molar-refractivity contribution is 6.07. The van der Waals surface area contributed by atoms with Crippen molar-refractivity contribution < 1.29 is 14.0 Å². The van der Waals surface area contributed by atoms with Crippen LogP contribution < -0.4 is 15.8 Å². The molecule has 6 rings (SSSR count). The van der Waals surface area contributed by atoms with Crippen LogP contribution in [0.4, 0.5) is 15.8 Å². The fraction of sp³-hybridized carbons (Fsp3) is 0.406. The van der Waals surface area contributed by atoms with Gasteiger partial charge in [0.2, 0.25) is 0 Å². The lowest BCUT2D eigenvalue weighted by Gasteiger charge is -2.44. The van der Waals surface area contributed by atoms with Gasteiger partial charge in [0.05, 0.1) is 11.4 Å². The molecule has 4 atom stereocenters. The van der Waals surface area contributed by atoms with Gasteiger partial charge in [0, 0.05) is 61.5 Å². The second kappa shape index (κ2) is 10.6. The summed E-state index contributed by atoms with van der Waals surface area (Å²) in [5, 5.41) is 3.02. The molecule has 0 unspecified atom stereocenters. The number of anilines is 2. The van der Waals surface area contributed by atoms with Crippen molar-refractivity contribution in [2.45, 2.75) is 39.2 Å². The summed E-state index contributed by atoms with van der Waals surface area (Å²) in [4.78, 5) is 43.5. The van der Waals surface area contributed by atoms with E-state index in [1.54, 1.807) is 12.1 Å². The number of pyridine rings is 1. The molecule has 3 aromatic rings. The van der Waals surface area contributed by atoms with Crippen LogP contribution in [0.5, 0.6) is 0 Å². The molecule has 40 heavy (non-hydrogen) atoms. The highest BCUT2D eigenvalue weighted by Gasteiger charge is 2.35. The summed E-state index contributed by atoms with van der Waals surface area (Å²) in [7, 11) is 0. The molecule has 3 aliphatic rings. The average Bonchev–Trinajstić information content (AvgIpc) is 2.93. The molecular weight excluding hydrogens is 507 g/mol. The molecule has 2 fully saturated rings. The Bertz CT molecular complexity index is 1490. The van der Waals surface area contributed by atoms with Crippen LogP contribution in [-0.4, -0.2) is 47.5 Å². The lowest BCUT2D eigenvalue weighted by Crippen LogP contribution is -2.47. The maximum Gasteiger partial charge on any atom is 0.255 e. The lowest BCUT2D eigenvalue weighted by atomic mass is 9.83. The van der Waals surface area contributed by atoms with Gasteiger partial charge in [-0.05, 0) is 79.1 Å². The number of likely N-dealkylation sites (tertiary alicyclic amines) is 1. The Balaban J connectivity index is 1.33. The number of rotatable bonds is 4. The Morgan fingerprint density at radius 2 is 1.57 bits per heavy atom. The summed E-state index contributed by atoms with van der Waals surface area (Å²) < 4.78 is 15.4. The summed E-state index contributed by atoms with van der Waals surface area (Å²) in [6, 6.07) is 16.5. The smallest absolute Gasteiger partial charge is 0.255 e. The van der Waals surface area contributed by atoms with Crippen LogP contribution in [0.3, 0.4) is 0 Å². The highest BCUT2D eigenvalue weighted by Crippen LogP contribution is 2.39. The third-order valence-electron chi connectivity index (χ3n) is 8.57. The van der Waals surface area contributed by atoms with Gasteiger partial charge in [0.1, 0.15) is 5.82 Å². The Morgan fingerprint density at radius 1 is 0.850 bits per heavy atom. The number of hydrogen-bond acceptors (Lipinski definition) is 4. The van der Waals surface area contributed by atoms with Crippen molar-refractivity contribution >= 4 is 23.2 Å². The van der Waals surface area contributed by atoms with Crippen molar-refractivity contribution in [1.82, 2.24) is 9.47 Å². The number of benzene rings is 2. The number of halogens is 1. The summed E-state index contributed by atoms with van der Waals surface area (Å²) in [6.07, 6.45) is 2.12. The fourth-order valence-electron chi connectivity index (χ4n) is 6.95. The van der Waals surface area contributed by atoms with Gasteiger partial charge in [0.15, 0.2) is 0 Å². The van der Waals surface area contributed by atoms with Crippen LogP contribution in [-0.2, 0) is 6.54 Å². The number of nitrogens with one attached hydrogen (secondary N) is 1. The van der Waals surface area contributed by atoms with E-state index in [1.165, 1.54) is 24.3 Å². The Labute approximate surface area is 233 Å². The minimum atomic E-state index is -0.408. The van der Waals surface area contributed by atoms with Crippen molar-refractivity contribution in [2.24, 2.45) is 17.8 Å². The van der Waals surface area contributed by atoms with Crippen LogP contribution in [0.15, 0.2) is 65.5 Å². The molecule has 0 aliphatic carbocycles. The van der Waals surface area contributed by atoms with Gasteiger partial charge >= 0.3 is 0 Å². The number of carbonyl (C=O) groups excluding carboxylic acids is 2. The van der Waals surface area contributed by atoms with Crippen molar-refractivity contribution in [3.63, 3.8) is 0 Å². The van der Waals surface area contributed by atoms with E-state index in [4.69, 9.17) is 0 Å². The van der Waals surface area contributed by atoms with Crippen molar-refractivity contribution in [1.29, 1.82) is 0 Å². The fourth-order valence-corrected chi connectivity index (χ4v) is 6.95. The molecule has 2 saturated heterocycles. The van der Waals surface area contributed by atoms with Gasteiger partial charge < -0.3 is 19.7 Å². The minimum absolute atomic E-state index is 0.0361. The quantitative estimate of drug-likeness (QED) is 0.505. The molecule has 0 spiro atoms. The van der Waals surface area contributed by atoms with Crippen LogP contribution in [0.2, 0.25) is 0 Å². The predicted molar refractivity (Wildman–Crippen MR) is 153 cm³/mol. The molecule has 4 heterocycles. The monoisotopic (exact) mass is 542 g/mol. The van der Waals surface area contributed by atoms with Crippen LogP contribution >= 0.6 is 0 Å². The minimum Gasteiger partial charge on any atom is -0.369 e. The number of fused-ring (bicyclic) bond motifs is 4. The zero-order valence-electron chi connectivity index (χ0n) is 23.0. The maximum absolute atomic E-state index is 13.6. The first-order valence-electron chi connectivity index (χ1n) is 14.2. The van der Waals surface area contributed by atoms with E-state index in [0.29, 0.717) is 47.7 Å². The molecule has 8 heteroatoms. The number of hydrogen-bond donors (Lipinski definition) is 1. The van der Waals surface area contributed by atoms with Gasteiger partial charge in [-0.15, -0.1) is 0 Å². The third kappa shape index (κ3) is 5.15. The Kier molecular flexibility index (Phi) is 6.94. The van der Waals surface area contributed by atoms with E-state index in [-0.39, 0.29) is 23.3 Å². The van der Waals surface area contributed by atoms with Crippen molar-refractivity contribution in [3.05, 3.63) is 93.7 Å². The largest absolute Gasteiger partial charge is 0.369 e. The molecular formula is C32H35FN4O3. The Morgan fingerprint density at radius 3 is 2.33 bits per heavy atom. The molecule has 1 aromatic heterocycles. The summed E-state index contributed by atoms with van der Waals surface area (Å²) in [6.45, 7) is 7.90. The molecule has 2 aromatic carbocycles. The van der Waals surface area contributed by atoms with Gasteiger partial charge in [-0.1, -0.05) is 19.9 Å². The number of amides is 2. The van der Waals surface area contributed by atoms with Crippen molar-refractivity contribution in [2.75, 3.05) is 36.4 Å². The molecule has 7 nitrogen and oxygen atoms in total. The summed E-state index contributed by atoms with van der Waals surface area (Å²) >= 11 is 0. The molecule has 2 bridgehead atoms. The number of carbonyl (C=O) groups is 2. The zero-order chi connectivity index (χ0) is 28.0. The molecule has 208 valence electrons. The first-order chi connectivity index (χ1) is 19.2. The van der Waals surface area contributed by atoms with Crippen LogP contribution in [0, 0.1) is 23.6 Å². The second-order valence-electron chi connectivity index (χ2n) is 12.0. The lowest BCUT2D eigenvalue weighted by molar-refractivity contribution is 0.0623. The topological polar surface area (TPSA) is 74.7 Å². The average molecular weight is 543 g/mol. The van der Waals surface area contributed by atoms with Crippen LogP contribution in [0.25, 0.3) is 0 Å². The maximum atomic E-state index is 13.6. The third-order valence-corrected chi connectivity index (χ3v) is 8.57. The molecule has 2 amide bonds. The summed E-state index contributed by atoms with van der Waals surface area (Å²) in [5.74, 6) is 0.560. The summed E-state index contributed by atoms with van der Waals surface area (Å²) in [5.41, 5.74) is 3.36. The highest BCUT2D eigenvalue weighted by atomic mass is 19.1. The first-order valence-corrected chi connectivity index (χ1v) is 14.2. The van der Waals surface area contributed by atoms with Gasteiger partial charge in [0.25, 0.3) is 17.4 Å². The number of piperidine rings is 2. The van der Waals surface area contributed by atoms with Gasteiger partial charge in [-0.2, -0.15) is 0 Å². The van der Waals surface area contributed by atoms with E-state index >= 15 is 0 Å². The molecule has 3 aliphatic heterocycles.